The molecule has 0 aliphatic rings. The molecule has 0 radical (unpaired) electrons. The van der Waals surface area contributed by atoms with Crippen LogP contribution in [-0.4, -0.2) is 9.97 Å². The van der Waals surface area contributed by atoms with Crippen LogP contribution in [0.5, 0.6) is 0 Å². The van der Waals surface area contributed by atoms with Crippen LogP contribution in [0, 0.1) is 11.3 Å². The maximum Gasteiger partial charge on any atom is 0.0991 e. The highest BCUT2D eigenvalue weighted by Crippen LogP contribution is 2.32. The lowest BCUT2D eigenvalue weighted by Gasteiger charge is -2.10. The Morgan fingerprint density at radius 2 is 0.905 bits per heavy atom. The predicted octanol–water partition coefficient (Wildman–Crippen LogP) is 9.96. The summed E-state index contributed by atoms with van der Waals surface area (Å²) in [5, 5.41) is 16.0. The van der Waals surface area contributed by atoms with Crippen LogP contribution < -0.4 is 0 Å². The second-order valence-corrected chi connectivity index (χ2v) is 10.7. The zero-order valence-corrected chi connectivity index (χ0v) is 22.6. The Hall–Kier alpha value is -5.85. The predicted molar refractivity (Wildman–Crippen MR) is 173 cm³/mol. The van der Waals surface area contributed by atoms with Crippen LogP contribution in [0.3, 0.4) is 0 Å². The first-order chi connectivity index (χ1) is 20.7. The molecule has 42 heavy (non-hydrogen) atoms. The minimum Gasteiger partial charge on any atom is -0.254 e. The molecule has 3 nitrogen and oxygen atoms in total. The van der Waals surface area contributed by atoms with Crippen LogP contribution in [0.25, 0.3) is 76.9 Å². The van der Waals surface area contributed by atoms with E-state index in [-0.39, 0.29) is 0 Å². The average molecular weight is 534 g/mol. The van der Waals surface area contributed by atoms with Gasteiger partial charge >= 0.3 is 0 Å². The molecule has 0 fully saturated rings. The van der Waals surface area contributed by atoms with Crippen molar-refractivity contribution in [2.24, 2.45) is 0 Å². The first kappa shape index (κ1) is 24.0. The van der Waals surface area contributed by atoms with Crippen molar-refractivity contribution in [3.8, 4) is 39.6 Å². The lowest BCUT2D eigenvalue weighted by molar-refractivity contribution is 1.37. The van der Waals surface area contributed by atoms with E-state index in [4.69, 9.17) is 10.2 Å². The first-order valence-corrected chi connectivity index (χ1v) is 14.0. The number of hydrogen-bond acceptors (Lipinski definition) is 3. The molecule has 0 bridgehead atoms. The van der Waals surface area contributed by atoms with E-state index in [2.05, 4.69) is 114 Å². The molecular weight excluding hydrogens is 510 g/mol. The van der Waals surface area contributed by atoms with E-state index in [0.29, 0.717) is 5.56 Å². The van der Waals surface area contributed by atoms with Gasteiger partial charge in [0.15, 0.2) is 0 Å². The third kappa shape index (κ3) is 4.15. The van der Waals surface area contributed by atoms with Crippen LogP contribution in [0.1, 0.15) is 5.56 Å². The molecule has 2 aromatic heterocycles. The maximum atomic E-state index is 9.08. The smallest absolute Gasteiger partial charge is 0.0991 e. The number of benzene rings is 6. The molecule has 6 aromatic carbocycles. The molecule has 0 unspecified atom stereocenters. The molecule has 194 valence electrons. The summed E-state index contributed by atoms with van der Waals surface area (Å²) < 4.78 is 0. The number of hydrogen-bond donors (Lipinski definition) is 0. The summed E-state index contributed by atoms with van der Waals surface area (Å²) in [5.74, 6) is 0. The highest BCUT2D eigenvalue weighted by molar-refractivity contribution is 6.03. The molecule has 0 spiro atoms. The summed E-state index contributed by atoms with van der Waals surface area (Å²) in [6.07, 6.45) is 1.83. The highest BCUT2D eigenvalue weighted by Gasteiger charge is 2.09. The van der Waals surface area contributed by atoms with Gasteiger partial charge in [-0.2, -0.15) is 5.26 Å². The van der Waals surface area contributed by atoms with Crippen LogP contribution in [0.2, 0.25) is 0 Å². The lowest BCUT2D eigenvalue weighted by Crippen LogP contribution is -1.89. The van der Waals surface area contributed by atoms with Gasteiger partial charge in [0.25, 0.3) is 0 Å². The summed E-state index contributed by atoms with van der Waals surface area (Å²) in [6, 6.07) is 48.8. The zero-order chi connectivity index (χ0) is 28.0. The second-order valence-electron chi connectivity index (χ2n) is 10.7. The molecule has 3 heteroatoms. The fourth-order valence-corrected chi connectivity index (χ4v) is 5.81. The van der Waals surface area contributed by atoms with Crippen LogP contribution in [0.4, 0.5) is 0 Å². The normalized spacial score (nSPS) is 11.3. The van der Waals surface area contributed by atoms with E-state index in [1.165, 1.54) is 32.7 Å². The van der Waals surface area contributed by atoms with Gasteiger partial charge in [-0.15, -0.1) is 0 Å². The maximum absolute atomic E-state index is 9.08. The summed E-state index contributed by atoms with van der Waals surface area (Å²) >= 11 is 0. The van der Waals surface area contributed by atoms with Crippen molar-refractivity contribution in [3.63, 3.8) is 0 Å². The standard InChI is InChI=1S/C39H23N3/c40-24-25-3-5-26(6-4-25)29-9-10-31-21-32(12-11-30(31)20-29)33-13-14-35-23-36(16-15-34(35)22-33)37-18-17-28-8-7-27-2-1-19-41-38(27)39(28)42-37/h1-23H. The molecule has 2 heterocycles. The topological polar surface area (TPSA) is 49.6 Å². The van der Waals surface area contributed by atoms with E-state index in [1.807, 2.05) is 36.5 Å². The molecule has 8 aromatic rings. The van der Waals surface area contributed by atoms with Gasteiger partial charge in [-0.05, 0) is 92.3 Å². The largest absolute Gasteiger partial charge is 0.254 e. The molecule has 0 atom stereocenters. The Morgan fingerprint density at radius 1 is 0.429 bits per heavy atom. The van der Waals surface area contributed by atoms with Crippen molar-refractivity contribution in [1.29, 1.82) is 5.26 Å². The lowest BCUT2D eigenvalue weighted by atomic mass is 9.95. The quantitative estimate of drug-likeness (QED) is 0.212. The fraction of sp³-hybridized carbons (Fsp3) is 0. The fourth-order valence-electron chi connectivity index (χ4n) is 5.81. The Labute approximate surface area is 243 Å². The molecule has 0 saturated heterocycles. The summed E-state index contributed by atoms with van der Waals surface area (Å²) in [7, 11) is 0. The number of pyridine rings is 2. The van der Waals surface area contributed by atoms with Gasteiger partial charge in [-0.25, -0.2) is 4.98 Å². The number of rotatable bonds is 3. The molecule has 0 aliphatic heterocycles. The van der Waals surface area contributed by atoms with Gasteiger partial charge in [-0.3, -0.25) is 4.98 Å². The van der Waals surface area contributed by atoms with Crippen molar-refractivity contribution < 1.29 is 0 Å². The summed E-state index contributed by atoms with van der Waals surface area (Å²) in [5.41, 5.74) is 9.21. The van der Waals surface area contributed by atoms with Crippen LogP contribution in [-0.2, 0) is 0 Å². The first-order valence-electron chi connectivity index (χ1n) is 14.0. The molecule has 0 saturated carbocycles. The van der Waals surface area contributed by atoms with Crippen LogP contribution in [0.15, 0.2) is 140 Å². The van der Waals surface area contributed by atoms with E-state index >= 15 is 0 Å². The highest BCUT2D eigenvalue weighted by atomic mass is 14.7. The van der Waals surface area contributed by atoms with Crippen molar-refractivity contribution in [3.05, 3.63) is 145 Å². The minimum absolute atomic E-state index is 0.674. The Bertz CT molecular complexity index is 2360. The summed E-state index contributed by atoms with van der Waals surface area (Å²) in [4.78, 5) is 9.64. The molecule has 8 rings (SSSR count). The molecule has 0 aliphatic carbocycles. The van der Waals surface area contributed by atoms with E-state index in [9.17, 15) is 0 Å². The average Bonchev–Trinajstić information content (AvgIpc) is 3.07. The minimum atomic E-state index is 0.674. The Balaban J connectivity index is 1.12. The van der Waals surface area contributed by atoms with Gasteiger partial charge in [0.2, 0.25) is 0 Å². The molecular formula is C39H23N3. The van der Waals surface area contributed by atoms with Gasteiger partial charge < -0.3 is 0 Å². The number of aromatic nitrogens is 2. The SMILES string of the molecule is N#Cc1ccc(-c2ccc3cc(-c4ccc5cc(-c6ccc7ccc8cccnc8c7n6)ccc5c4)ccc3c2)cc1. The van der Waals surface area contributed by atoms with Crippen molar-refractivity contribution in [2.45, 2.75) is 0 Å². The Morgan fingerprint density at radius 3 is 1.52 bits per heavy atom. The van der Waals surface area contributed by atoms with Crippen molar-refractivity contribution in [2.75, 3.05) is 0 Å². The zero-order valence-electron chi connectivity index (χ0n) is 22.6. The van der Waals surface area contributed by atoms with Crippen molar-refractivity contribution in [1.82, 2.24) is 9.97 Å². The van der Waals surface area contributed by atoms with Crippen molar-refractivity contribution >= 4 is 43.4 Å². The van der Waals surface area contributed by atoms with E-state index in [0.717, 1.165) is 44.2 Å². The van der Waals surface area contributed by atoms with Gasteiger partial charge in [0.1, 0.15) is 0 Å². The number of nitrogens with zero attached hydrogens (tertiary/aromatic N) is 3. The monoisotopic (exact) mass is 533 g/mol. The van der Waals surface area contributed by atoms with E-state index < -0.39 is 0 Å². The van der Waals surface area contributed by atoms with Gasteiger partial charge in [0, 0.05) is 22.5 Å². The number of nitriles is 1. The third-order valence-corrected chi connectivity index (χ3v) is 8.09. The Kier molecular flexibility index (Phi) is 5.52. The second kappa shape index (κ2) is 9.66. The number of fused-ring (bicyclic) bond motifs is 5. The third-order valence-electron chi connectivity index (χ3n) is 8.09. The molecule has 0 amide bonds. The van der Waals surface area contributed by atoms with Gasteiger partial charge in [0.05, 0.1) is 28.4 Å². The molecule has 0 N–H and O–H groups in total. The summed E-state index contributed by atoms with van der Waals surface area (Å²) in [6.45, 7) is 0. The van der Waals surface area contributed by atoms with Gasteiger partial charge in [-0.1, -0.05) is 84.9 Å². The van der Waals surface area contributed by atoms with Crippen LogP contribution >= 0.6 is 0 Å². The van der Waals surface area contributed by atoms with E-state index in [1.54, 1.807) is 0 Å².